The molecule has 7 heteroatoms. The number of carbonyl (C=O) groups is 1. The lowest BCUT2D eigenvalue weighted by Crippen LogP contribution is -2.24. The van der Waals surface area contributed by atoms with Crippen molar-refractivity contribution in [3.05, 3.63) is 62.9 Å². The number of rotatable bonds is 3. The fourth-order valence-corrected chi connectivity index (χ4v) is 2.26. The number of carbonyl (C=O) groups excluding carboxylic acids is 1. The maximum absolute atomic E-state index is 12.0. The Kier molecular flexibility index (Phi) is 3.68. The predicted molar refractivity (Wildman–Crippen MR) is 82.0 cm³/mol. The first-order valence-electron chi connectivity index (χ1n) is 6.55. The molecule has 0 radical (unpaired) electrons. The molecule has 2 aromatic heterocycles. The molecule has 112 valence electrons. The summed E-state index contributed by atoms with van der Waals surface area (Å²) in [4.78, 5) is 30.8. The lowest BCUT2D eigenvalue weighted by molar-refractivity contribution is 0.0918. The van der Waals surface area contributed by atoms with Gasteiger partial charge >= 0.3 is 0 Å². The Morgan fingerprint density at radius 3 is 2.95 bits per heavy atom. The van der Waals surface area contributed by atoms with Crippen LogP contribution in [0.1, 0.15) is 22.1 Å². The Hall–Kier alpha value is -2.60. The highest BCUT2D eigenvalue weighted by atomic mass is 35.5. The minimum absolute atomic E-state index is 0.0239. The summed E-state index contributed by atoms with van der Waals surface area (Å²) < 4.78 is 5.22. The highest BCUT2D eigenvalue weighted by Crippen LogP contribution is 2.17. The molecule has 6 nitrogen and oxygen atoms in total. The van der Waals surface area contributed by atoms with E-state index in [9.17, 15) is 9.59 Å². The molecule has 0 aliphatic heterocycles. The molecule has 0 saturated heterocycles. The van der Waals surface area contributed by atoms with Crippen molar-refractivity contribution >= 4 is 28.5 Å². The minimum Gasteiger partial charge on any atom is -0.456 e. The molecule has 0 bridgehead atoms. The molecule has 22 heavy (non-hydrogen) atoms. The first-order chi connectivity index (χ1) is 10.5. The van der Waals surface area contributed by atoms with Gasteiger partial charge in [0.2, 0.25) is 0 Å². The van der Waals surface area contributed by atoms with E-state index < -0.39 is 5.91 Å². The lowest BCUT2D eigenvalue weighted by Gasteiger charge is -2.02. The number of halogens is 1. The molecule has 3 aromatic rings. The van der Waals surface area contributed by atoms with E-state index in [-0.39, 0.29) is 17.7 Å². The molecule has 0 spiro atoms. The van der Waals surface area contributed by atoms with Gasteiger partial charge < -0.3 is 14.7 Å². The monoisotopic (exact) mass is 317 g/mol. The number of aromatic nitrogens is 2. The molecule has 0 fully saturated rings. The molecule has 0 atom stereocenters. The van der Waals surface area contributed by atoms with E-state index >= 15 is 0 Å². The van der Waals surface area contributed by atoms with Gasteiger partial charge in [-0.2, -0.15) is 0 Å². The van der Waals surface area contributed by atoms with Crippen LogP contribution in [0.5, 0.6) is 0 Å². The highest BCUT2D eigenvalue weighted by molar-refractivity contribution is 6.31. The fourth-order valence-electron chi connectivity index (χ4n) is 2.08. The summed E-state index contributed by atoms with van der Waals surface area (Å²) >= 11 is 5.91. The van der Waals surface area contributed by atoms with Gasteiger partial charge in [0.1, 0.15) is 11.6 Å². The number of H-pyrrole nitrogens is 1. The number of imidazole rings is 1. The van der Waals surface area contributed by atoms with Crippen LogP contribution >= 0.6 is 11.6 Å². The second kappa shape index (κ2) is 5.65. The Morgan fingerprint density at radius 1 is 1.36 bits per heavy atom. The first-order valence-corrected chi connectivity index (χ1v) is 6.93. The minimum atomic E-state index is -0.473. The van der Waals surface area contributed by atoms with Crippen LogP contribution in [0.4, 0.5) is 0 Å². The summed E-state index contributed by atoms with van der Waals surface area (Å²) in [5.41, 5.74) is 1.28. The number of amides is 1. The van der Waals surface area contributed by atoms with Gasteiger partial charge in [0.25, 0.3) is 5.91 Å². The van der Waals surface area contributed by atoms with Gasteiger partial charge in [-0.1, -0.05) is 11.6 Å². The van der Waals surface area contributed by atoms with E-state index in [2.05, 4.69) is 15.3 Å². The molecule has 0 saturated carbocycles. The van der Waals surface area contributed by atoms with Crippen LogP contribution in [0.15, 0.2) is 39.5 Å². The second-order valence-electron chi connectivity index (χ2n) is 4.80. The van der Waals surface area contributed by atoms with Crippen LogP contribution in [0, 0.1) is 6.92 Å². The highest BCUT2D eigenvalue weighted by Gasteiger charge is 2.11. The number of nitrogens with zero attached hydrogens (tertiary/aromatic N) is 1. The van der Waals surface area contributed by atoms with Crippen molar-refractivity contribution in [2.24, 2.45) is 0 Å². The number of hydrogen-bond acceptors (Lipinski definition) is 4. The number of fused-ring (bicyclic) bond motifs is 1. The number of benzene rings is 1. The van der Waals surface area contributed by atoms with Gasteiger partial charge in [-0.25, -0.2) is 4.98 Å². The van der Waals surface area contributed by atoms with Crippen molar-refractivity contribution in [1.29, 1.82) is 0 Å². The zero-order valence-corrected chi connectivity index (χ0v) is 12.4. The van der Waals surface area contributed by atoms with Crippen molar-refractivity contribution in [3.8, 4) is 0 Å². The van der Waals surface area contributed by atoms with Gasteiger partial charge in [0, 0.05) is 17.2 Å². The average molecular weight is 318 g/mol. The molecule has 2 heterocycles. The van der Waals surface area contributed by atoms with Gasteiger partial charge in [-0.05, 0) is 25.1 Å². The first kappa shape index (κ1) is 14.3. The Morgan fingerprint density at radius 2 is 2.18 bits per heavy atom. The van der Waals surface area contributed by atoms with Crippen molar-refractivity contribution in [1.82, 2.24) is 15.3 Å². The smallest absolute Gasteiger partial charge is 0.287 e. The summed E-state index contributed by atoms with van der Waals surface area (Å²) in [6, 6.07) is 7.77. The van der Waals surface area contributed by atoms with Crippen LogP contribution in [0.2, 0.25) is 5.02 Å². The average Bonchev–Trinajstić information content (AvgIpc) is 2.85. The van der Waals surface area contributed by atoms with E-state index in [0.717, 1.165) is 17.1 Å². The third kappa shape index (κ3) is 3.01. The molecule has 0 aliphatic rings. The van der Waals surface area contributed by atoms with Crippen molar-refractivity contribution in [2.45, 2.75) is 13.5 Å². The third-order valence-corrected chi connectivity index (χ3v) is 3.26. The zero-order valence-electron chi connectivity index (χ0n) is 11.6. The fraction of sp³-hybridized carbons (Fsp3) is 0.133. The Bertz CT molecular complexity index is 914. The Balaban J connectivity index is 1.75. The summed E-state index contributed by atoms with van der Waals surface area (Å²) in [5, 5.41) is 3.25. The molecular weight excluding hydrogens is 306 g/mol. The predicted octanol–water partition coefficient (Wildman–Crippen LogP) is 2.41. The van der Waals surface area contributed by atoms with Gasteiger partial charge in [0.15, 0.2) is 11.2 Å². The summed E-state index contributed by atoms with van der Waals surface area (Å²) in [6.07, 6.45) is 0. The maximum Gasteiger partial charge on any atom is 0.287 e. The lowest BCUT2D eigenvalue weighted by atomic mass is 10.3. The van der Waals surface area contributed by atoms with E-state index in [0.29, 0.717) is 16.6 Å². The van der Waals surface area contributed by atoms with E-state index in [1.807, 2.05) is 0 Å². The molecular formula is C15H12ClN3O3. The van der Waals surface area contributed by atoms with E-state index in [1.165, 1.54) is 6.07 Å². The number of hydrogen-bond donors (Lipinski definition) is 2. The van der Waals surface area contributed by atoms with E-state index in [4.69, 9.17) is 16.0 Å². The maximum atomic E-state index is 12.0. The molecule has 1 aromatic carbocycles. The summed E-state index contributed by atoms with van der Waals surface area (Å²) in [5.74, 6) is 0.472. The summed E-state index contributed by atoms with van der Waals surface area (Å²) in [7, 11) is 0. The quantitative estimate of drug-likeness (QED) is 0.776. The van der Waals surface area contributed by atoms with Crippen LogP contribution in [-0.4, -0.2) is 15.9 Å². The molecule has 0 unspecified atom stereocenters. The third-order valence-electron chi connectivity index (χ3n) is 3.02. The number of aromatic amines is 1. The molecule has 3 rings (SSSR count). The van der Waals surface area contributed by atoms with Crippen LogP contribution in [0.3, 0.4) is 0 Å². The Labute approximate surface area is 130 Å². The zero-order chi connectivity index (χ0) is 15.7. The molecule has 2 N–H and O–H groups in total. The topological polar surface area (TPSA) is 88.0 Å². The normalized spacial score (nSPS) is 10.8. The van der Waals surface area contributed by atoms with Crippen molar-refractivity contribution in [2.75, 3.05) is 0 Å². The van der Waals surface area contributed by atoms with Gasteiger partial charge in [-0.3, -0.25) is 9.59 Å². The number of aryl methyl sites for hydroxylation is 1. The van der Waals surface area contributed by atoms with Crippen LogP contribution in [-0.2, 0) is 6.54 Å². The summed E-state index contributed by atoms with van der Waals surface area (Å²) in [6.45, 7) is 1.80. The van der Waals surface area contributed by atoms with Crippen molar-refractivity contribution < 1.29 is 9.21 Å². The van der Waals surface area contributed by atoms with Gasteiger partial charge in [-0.15, -0.1) is 0 Å². The SMILES string of the molecule is Cc1cc(=O)cc(C(=O)NCc2nc3ccc(Cl)cc3[nH]2)o1. The van der Waals surface area contributed by atoms with Crippen molar-refractivity contribution in [3.63, 3.8) is 0 Å². The van der Waals surface area contributed by atoms with Crippen LogP contribution < -0.4 is 10.7 Å². The number of nitrogens with one attached hydrogen (secondary N) is 2. The second-order valence-corrected chi connectivity index (χ2v) is 5.23. The van der Waals surface area contributed by atoms with E-state index in [1.54, 1.807) is 25.1 Å². The molecule has 0 aliphatic carbocycles. The van der Waals surface area contributed by atoms with Gasteiger partial charge in [0.05, 0.1) is 17.6 Å². The molecule has 1 amide bonds. The standard InChI is InChI=1S/C15H12ClN3O3/c1-8-4-10(20)6-13(22-8)15(21)17-7-14-18-11-3-2-9(16)5-12(11)19-14/h2-6H,7H2,1H3,(H,17,21)(H,18,19). The largest absolute Gasteiger partial charge is 0.456 e. The van der Waals surface area contributed by atoms with Crippen LogP contribution in [0.25, 0.3) is 11.0 Å².